The van der Waals surface area contributed by atoms with Crippen LogP contribution in [0.1, 0.15) is 47.0 Å². The summed E-state index contributed by atoms with van der Waals surface area (Å²) in [6.07, 6.45) is 3.26. The van der Waals surface area contributed by atoms with Crippen molar-refractivity contribution >= 4 is 0 Å². The number of nitrogens with zero attached hydrogens (tertiary/aromatic N) is 2. The van der Waals surface area contributed by atoms with Gasteiger partial charge in [-0.25, -0.2) is 0 Å². The van der Waals surface area contributed by atoms with Crippen molar-refractivity contribution in [3.8, 4) is 6.07 Å². The molecule has 1 N–H and O–H groups in total. The van der Waals surface area contributed by atoms with Crippen molar-refractivity contribution in [2.75, 3.05) is 33.4 Å². The molecule has 0 radical (unpaired) electrons. The van der Waals surface area contributed by atoms with Crippen molar-refractivity contribution in [2.24, 2.45) is 0 Å². The van der Waals surface area contributed by atoms with E-state index in [-0.39, 0.29) is 0 Å². The fourth-order valence-corrected chi connectivity index (χ4v) is 2.34. The molecule has 1 unspecified atom stereocenters. The Morgan fingerprint density at radius 2 is 1.95 bits per heavy atom. The van der Waals surface area contributed by atoms with Crippen molar-refractivity contribution in [3.05, 3.63) is 0 Å². The van der Waals surface area contributed by atoms with Gasteiger partial charge in [-0.1, -0.05) is 20.8 Å². The maximum Gasteiger partial charge on any atom is 0.116 e. The molecule has 0 aliphatic rings. The van der Waals surface area contributed by atoms with Crippen LogP contribution in [0.3, 0.4) is 0 Å². The van der Waals surface area contributed by atoms with Crippen molar-refractivity contribution in [1.82, 2.24) is 10.2 Å². The summed E-state index contributed by atoms with van der Waals surface area (Å²) in [4.78, 5) is 2.38. The lowest BCUT2D eigenvalue weighted by Gasteiger charge is -2.36. The maximum absolute atomic E-state index is 9.44. The van der Waals surface area contributed by atoms with E-state index < -0.39 is 5.54 Å². The van der Waals surface area contributed by atoms with Gasteiger partial charge in [-0.15, -0.1) is 0 Å². The summed E-state index contributed by atoms with van der Waals surface area (Å²) in [5, 5.41) is 12.8. The molecular formula is C15H31N3O. The van der Waals surface area contributed by atoms with Gasteiger partial charge in [0.2, 0.25) is 0 Å². The SMILES string of the molecule is CCCNC(C)(C#N)CN(CCOC)C(CC)CC. The number of methoxy groups -OCH3 is 1. The average Bonchev–Trinajstić information content (AvgIpc) is 2.43. The number of hydrogen-bond acceptors (Lipinski definition) is 4. The third-order valence-electron chi connectivity index (χ3n) is 3.57. The van der Waals surface area contributed by atoms with E-state index in [1.807, 2.05) is 6.92 Å². The highest BCUT2D eigenvalue weighted by Crippen LogP contribution is 2.14. The molecule has 1 atom stereocenters. The summed E-state index contributed by atoms with van der Waals surface area (Å²) in [6, 6.07) is 2.95. The second-order valence-corrected chi connectivity index (χ2v) is 5.30. The van der Waals surface area contributed by atoms with Gasteiger partial charge in [0.05, 0.1) is 12.7 Å². The predicted octanol–water partition coefficient (Wildman–Crippen LogP) is 2.41. The van der Waals surface area contributed by atoms with Gasteiger partial charge in [0.15, 0.2) is 0 Å². The first-order valence-corrected chi connectivity index (χ1v) is 7.46. The number of ether oxygens (including phenoxy) is 1. The van der Waals surface area contributed by atoms with Crippen LogP contribution in [0.15, 0.2) is 0 Å². The zero-order valence-corrected chi connectivity index (χ0v) is 13.3. The predicted molar refractivity (Wildman–Crippen MR) is 80.1 cm³/mol. The Balaban J connectivity index is 4.70. The second kappa shape index (κ2) is 10.2. The largest absolute Gasteiger partial charge is 0.383 e. The van der Waals surface area contributed by atoms with Crippen LogP contribution in [0.25, 0.3) is 0 Å². The first kappa shape index (κ1) is 18.4. The molecule has 0 aliphatic carbocycles. The topological polar surface area (TPSA) is 48.3 Å². The van der Waals surface area contributed by atoms with Crippen LogP contribution in [0.2, 0.25) is 0 Å². The molecule has 0 aromatic rings. The average molecular weight is 269 g/mol. The minimum absolute atomic E-state index is 0.480. The highest BCUT2D eigenvalue weighted by atomic mass is 16.5. The molecule has 0 aromatic heterocycles. The van der Waals surface area contributed by atoms with E-state index in [0.29, 0.717) is 12.6 Å². The van der Waals surface area contributed by atoms with Gasteiger partial charge in [-0.3, -0.25) is 10.2 Å². The van der Waals surface area contributed by atoms with Crippen LogP contribution in [0.4, 0.5) is 0 Å². The summed E-state index contributed by atoms with van der Waals surface area (Å²) in [5.74, 6) is 0. The smallest absolute Gasteiger partial charge is 0.116 e. The van der Waals surface area contributed by atoms with E-state index in [4.69, 9.17) is 4.74 Å². The zero-order chi connectivity index (χ0) is 14.7. The lowest BCUT2D eigenvalue weighted by atomic mass is 10.0. The molecule has 19 heavy (non-hydrogen) atoms. The zero-order valence-electron chi connectivity index (χ0n) is 13.3. The van der Waals surface area contributed by atoms with Crippen molar-refractivity contribution < 1.29 is 4.74 Å². The molecule has 0 saturated carbocycles. The summed E-state index contributed by atoms with van der Waals surface area (Å²) >= 11 is 0. The van der Waals surface area contributed by atoms with Gasteiger partial charge in [-0.05, 0) is 32.7 Å². The molecule has 0 amide bonds. The molecule has 0 aromatic carbocycles. The van der Waals surface area contributed by atoms with Crippen molar-refractivity contribution in [2.45, 2.75) is 58.5 Å². The Morgan fingerprint density at radius 3 is 2.37 bits per heavy atom. The minimum atomic E-state index is -0.480. The molecule has 0 saturated heterocycles. The van der Waals surface area contributed by atoms with Crippen LogP contribution in [-0.2, 0) is 4.74 Å². The third-order valence-corrected chi connectivity index (χ3v) is 3.57. The molecule has 0 fully saturated rings. The molecule has 0 spiro atoms. The normalized spacial score (nSPS) is 14.6. The minimum Gasteiger partial charge on any atom is -0.383 e. The Kier molecular flexibility index (Phi) is 9.85. The fourth-order valence-electron chi connectivity index (χ4n) is 2.34. The molecule has 112 valence electrons. The molecule has 4 heteroatoms. The summed E-state index contributed by atoms with van der Waals surface area (Å²) in [7, 11) is 1.73. The number of nitriles is 1. The van der Waals surface area contributed by atoms with Crippen molar-refractivity contribution in [1.29, 1.82) is 5.26 Å². The quantitative estimate of drug-likeness (QED) is 0.626. The molecule has 0 rings (SSSR count). The monoisotopic (exact) mass is 269 g/mol. The second-order valence-electron chi connectivity index (χ2n) is 5.30. The van der Waals surface area contributed by atoms with Crippen LogP contribution >= 0.6 is 0 Å². The standard InChI is InChI=1S/C15H31N3O/c1-6-9-17-15(4,12-16)13-18(10-11-19-5)14(7-2)8-3/h14,17H,6-11,13H2,1-5H3. The van der Waals surface area contributed by atoms with Gasteiger partial charge in [0.1, 0.15) is 5.54 Å². The molecular weight excluding hydrogens is 238 g/mol. The Morgan fingerprint density at radius 1 is 1.32 bits per heavy atom. The number of nitrogens with one attached hydrogen (secondary N) is 1. The first-order valence-electron chi connectivity index (χ1n) is 7.46. The van der Waals surface area contributed by atoms with Crippen LogP contribution < -0.4 is 5.32 Å². The number of hydrogen-bond donors (Lipinski definition) is 1. The highest BCUT2D eigenvalue weighted by molar-refractivity contribution is 5.06. The third kappa shape index (κ3) is 6.91. The lowest BCUT2D eigenvalue weighted by molar-refractivity contribution is 0.0992. The van der Waals surface area contributed by atoms with E-state index in [9.17, 15) is 5.26 Å². The summed E-state index contributed by atoms with van der Waals surface area (Å²) in [6.45, 7) is 11.7. The molecule has 0 aliphatic heterocycles. The van der Waals surface area contributed by atoms with E-state index in [1.54, 1.807) is 7.11 Å². The van der Waals surface area contributed by atoms with Crippen molar-refractivity contribution in [3.63, 3.8) is 0 Å². The van der Waals surface area contributed by atoms with Crippen LogP contribution in [0.5, 0.6) is 0 Å². The van der Waals surface area contributed by atoms with Gasteiger partial charge < -0.3 is 4.74 Å². The first-order chi connectivity index (χ1) is 9.06. The summed E-state index contributed by atoms with van der Waals surface area (Å²) < 4.78 is 5.20. The van der Waals surface area contributed by atoms with E-state index in [1.165, 1.54) is 0 Å². The number of rotatable bonds is 11. The van der Waals surface area contributed by atoms with Gasteiger partial charge in [-0.2, -0.15) is 5.26 Å². The van der Waals surface area contributed by atoms with E-state index in [0.717, 1.165) is 38.9 Å². The highest BCUT2D eigenvalue weighted by Gasteiger charge is 2.28. The van der Waals surface area contributed by atoms with E-state index >= 15 is 0 Å². The molecule has 4 nitrogen and oxygen atoms in total. The Hall–Kier alpha value is -0.630. The fraction of sp³-hybridized carbons (Fsp3) is 0.933. The lowest BCUT2D eigenvalue weighted by Crippen LogP contribution is -2.53. The van der Waals surface area contributed by atoms with Gasteiger partial charge >= 0.3 is 0 Å². The van der Waals surface area contributed by atoms with Crippen LogP contribution in [-0.4, -0.2) is 49.8 Å². The van der Waals surface area contributed by atoms with Gasteiger partial charge in [0.25, 0.3) is 0 Å². The van der Waals surface area contributed by atoms with E-state index in [2.05, 4.69) is 37.1 Å². The molecule has 0 heterocycles. The maximum atomic E-state index is 9.44. The molecule has 0 bridgehead atoms. The van der Waals surface area contributed by atoms with Crippen LogP contribution in [0, 0.1) is 11.3 Å². The Bertz CT molecular complexity index is 261. The van der Waals surface area contributed by atoms with Gasteiger partial charge in [0, 0.05) is 26.2 Å². The summed E-state index contributed by atoms with van der Waals surface area (Å²) in [5.41, 5.74) is -0.480. The Labute approximate surface area is 119 Å².